The van der Waals surface area contributed by atoms with Gasteiger partial charge in [0.1, 0.15) is 5.75 Å². The molecule has 0 bridgehead atoms. The number of aromatic nitrogens is 2. The van der Waals surface area contributed by atoms with Crippen molar-refractivity contribution in [2.45, 2.75) is 12.8 Å². The molecule has 0 aliphatic carbocycles. The maximum Gasteiger partial charge on any atom is 0.248 e. The number of nitrogens with two attached hydrogens (primary N) is 2. The second-order valence-electron chi connectivity index (χ2n) is 7.21. The van der Waals surface area contributed by atoms with Crippen molar-refractivity contribution in [1.29, 1.82) is 0 Å². The summed E-state index contributed by atoms with van der Waals surface area (Å²) in [4.78, 5) is 20.1. The third kappa shape index (κ3) is 4.55. The maximum absolute atomic E-state index is 11.2. The third-order valence-corrected chi connectivity index (χ3v) is 5.07. The van der Waals surface area contributed by atoms with Crippen LogP contribution >= 0.6 is 0 Å². The molecule has 0 spiro atoms. The number of nitrogens with zero attached hydrogens (tertiary/aromatic N) is 2. The van der Waals surface area contributed by atoms with E-state index >= 15 is 0 Å². The first-order chi connectivity index (χ1) is 14.1. The zero-order chi connectivity index (χ0) is 20.2. The van der Waals surface area contributed by atoms with Crippen molar-refractivity contribution < 1.29 is 9.53 Å². The maximum atomic E-state index is 11.2. The lowest BCUT2D eigenvalue weighted by Crippen LogP contribution is -2.30. The van der Waals surface area contributed by atoms with Crippen LogP contribution in [0.1, 0.15) is 23.2 Å². The van der Waals surface area contributed by atoms with Crippen molar-refractivity contribution in [3.8, 4) is 5.75 Å². The fraction of sp³-hybridized carbons (Fsp3) is 0.286. The Kier molecular flexibility index (Phi) is 5.44. The highest BCUT2D eigenvalue weighted by atomic mass is 16.5. The molecule has 29 heavy (non-hydrogen) atoms. The van der Waals surface area contributed by atoms with Crippen LogP contribution < -0.4 is 26.8 Å². The van der Waals surface area contributed by atoms with Gasteiger partial charge in [-0.15, -0.1) is 0 Å². The number of nitrogens with one attached hydrogen (secondary N) is 2. The molecular weight excluding hydrogens is 368 g/mol. The minimum absolute atomic E-state index is 0.443. The first-order valence-corrected chi connectivity index (χ1v) is 9.65. The van der Waals surface area contributed by atoms with E-state index in [2.05, 4.69) is 20.6 Å². The highest BCUT2D eigenvalue weighted by molar-refractivity contribution is 5.93. The summed E-state index contributed by atoms with van der Waals surface area (Å²) >= 11 is 0. The minimum atomic E-state index is -0.465. The first-order valence-electron chi connectivity index (χ1n) is 9.65. The van der Waals surface area contributed by atoms with E-state index < -0.39 is 5.91 Å². The first kappa shape index (κ1) is 18.9. The molecule has 0 radical (unpaired) electrons. The number of carbonyl (C=O) groups excluding carboxylic acids is 1. The standard InChI is InChI=1S/C21H24N6O2/c22-17-9-15-11-25-21(26-16-3-1-14(2-4-16)20(23)28)27-18(15)10-19(17)29-12-13-5-7-24-8-6-13/h1-4,9-11,13,24H,5-8,12,22H2,(H2,23,28)(H,25,26,27). The van der Waals surface area contributed by atoms with Gasteiger partial charge in [0.15, 0.2) is 0 Å². The average Bonchev–Trinajstić information content (AvgIpc) is 2.73. The van der Waals surface area contributed by atoms with Crippen LogP contribution in [0.2, 0.25) is 0 Å². The predicted molar refractivity (Wildman–Crippen MR) is 113 cm³/mol. The molecule has 0 saturated carbocycles. The Labute approximate surface area is 168 Å². The topological polar surface area (TPSA) is 128 Å². The molecule has 0 atom stereocenters. The predicted octanol–water partition coefficient (Wildman–Crippen LogP) is 2.43. The zero-order valence-electron chi connectivity index (χ0n) is 16.0. The number of amides is 1. The summed E-state index contributed by atoms with van der Waals surface area (Å²) in [5, 5.41) is 7.32. The number of rotatable bonds is 6. The lowest BCUT2D eigenvalue weighted by Gasteiger charge is -2.23. The van der Waals surface area contributed by atoms with E-state index in [1.54, 1.807) is 30.5 Å². The number of piperidine rings is 1. The number of carbonyl (C=O) groups is 1. The number of nitrogen functional groups attached to an aromatic ring is 1. The van der Waals surface area contributed by atoms with E-state index in [-0.39, 0.29) is 0 Å². The average molecular weight is 392 g/mol. The second kappa shape index (κ2) is 8.32. The summed E-state index contributed by atoms with van der Waals surface area (Å²) in [6, 6.07) is 10.5. The molecule has 8 nitrogen and oxygen atoms in total. The van der Waals surface area contributed by atoms with Gasteiger partial charge < -0.3 is 26.8 Å². The molecule has 1 aliphatic heterocycles. The van der Waals surface area contributed by atoms with Crippen molar-refractivity contribution in [2.24, 2.45) is 11.7 Å². The van der Waals surface area contributed by atoms with Gasteiger partial charge in [-0.05, 0) is 62.2 Å². The largest absolute Gasteiger partial charge is 0.491 e. The van der Waals surface area contributed by atoms with Gasteiger partial charge in [-0.1, -0.05) is 0 Å². The van der Waals surface area contributed by atoms with Crippen LogP contribution in [0.25, 0.3) is 10.9 Å². The Morgan fingerprint density at radius 3 is 2.69 bits per heavy atom. The molecule has 1 aliphatic rings. The van der Waals surface area contributed by atoms with Gasteiger partial charge in [0, 0.05) is 28.9 Å². The molecule has 8 heteroatoms. The monoisotopic (exact) mass is 392 g/mol. The molecule has 150 valence electrons. The van der Waals surface area contributed by atoms with Crippen molar-refractivity contribution in [3.05, 3.63) is 48.2 Å². The quantitative estimate of drug-likeness (QED) is 0.474. The van der Waals surface area contributed by atoms with E-state index in [1.807, 2.05) is 12.1 Å². The summed E-state index contributed by atoms with van der Waals surface area (Å²) in [6.07, 6.45) is 3.94. The van der Waals surface area contributed by atoms with Crippen LogP contribution in [0.15, 0.2) is 42.6 Å². The Bertz CT molecular complexity index is 1020. The van der Waals surface area contributed by atoms with Gasteiger partial charge >= 0.3 is 0 Å². The normalized spacial score (nSPS) is 14.6. The lowest BCUT2D eigenvalue weighted by atomic mass is 9.99. The fourth-order valence-corrected chi connectivity index (χ4v) is 3.37. The van der Waals surface area contributed by atoms with Gasteiger partial charge in [0.05, 0.1) is 17.8 Å². The number of anilines is 3. The number of ether oxygens (including phenoxy) is 1. The summed E-state index contributed by atoms with van der Waals surface area (Å²) in [5.74, 6) is 1.16. The smallest absolute Gasteiger partial charge is 0.248 e. The molecule has 3 aromatic rings. The molecule has 4 rings (SSSR count). The Morgan fingerprint density at radius 1 is 1.21 bits per heavy atom. The van der Waals surface area contributed by atoms with Crippen LogP contribution in [0.5, 0.6) is 5.75 Å². The number of benzene rings is 2. The van der Waals surface area contributed by atoms with E-state index in [9.17, 15) is 4.79 Å². The minimum Gasteiger partial charge on any atom is -0.491 e. The summed E-state index contributed by atoms with van der Waals surface area (Å²) in [6.45, 7) is 2.72. The molecule has 1 aromatic heterocycles. The Balaban J connectivity index is 1.51. The third-order valence-electron chi connectivity index (χ3n) is 5.07. The molecule has 1 saturated heterocycles. The molecular formula is C21H24N6O2. The SMILES string of the molecule is NC(=O)c1ccc(Nc2ncc3cc(N)c(OCC4CCNCC4)cc3n2)cc1. The lowest BCUT2D eigenvalue weighted by molar-refractivity contribution is 0.100. The number of hydrogen-bond acceptors (Lipinski definition) is 7. The van der Waals surface area contributed by atoms with Gasteiger partial charge in [-0.3, -0.25) is 4.79 Å². The molecule has 6 N–H and O–H groups in total. The van der Waals surface area contributed by atoms with E-state index in [0.29, 0.717) is 35.5 Å². The van der Waals surface area contributed by atoms with Crippen LogP contribution in [0.4, 0.5) is 17.3 Å². The molecule has 2 aromatic carbocycles. The second-order valence-corrected chi connectivity index (χ2v) is 7.21. The van der Waals surface area contributed by atoms with Crippen LogP contribution in [0, 0.1) is 5.92 Å². The number of fused-ring (bicyclic) bond motifs is 1. The van der Waals surface area contributed by atoms with Crippen LogP contribution in [0.3, 0.4) is 0 Å². The van der Waals surface area contributed by atoms with Gasteiger partial charge in [-0.2, -0.15) is 0 Å². The summed E-state index contributed by atoms with van der Waals surface area (Å²) < 4.78 is 6.00. The highest BCUT2D eigenvalue weighted by Gasteiger charge is 2.15. The van der Waals surface area contributed by atoms with Crippen LogP contribution in [-0.2, 0) is 0 Å². The summed E-state index contributed by atoms with van der Waals surface area (Å²) in [7, 11) is 0. The highest BCUT2D eigenvalue weighted by Crippen LogP contribution is 2.29. The molecule has 1 fully saturated rings. The van der Waals surface area contributed by atoms with Crippen molar-refractivity contribution in [3.63, 3.8) is 0 Å². The van der Waals surface area contributed by atoms with E-state index in [1.165, 1.54) is 0 Å². The number of primary amides is 1. The van der Waals surface area contributed by atoms with E-state index in [0.717, 1.165) is 42.5 Å². The van der Waals surface area contributed by atoms with Gasteiger partial charge in [0.25, 0.3) is 0 Å². The molecule has 0 unspecified atom stereocenters. The Hall–Kier alpha value is -3.39. The van der Waals surface area contributed by atoms with Crippen LogP contribution in [-0.4, -0.2) is 35.6 Å². The van der Waals surface area contributed by atoms with Crippen molar-refractivity contribution in [2.75, 3.05) is 30.7 Å². The van der Waals surface area contributed by atoms with Gasteiger partial charge in [0.2, 0.25) is 11.9 Å². The molecule has 1 amide bonds. The zero-order valence-corrected chi connectivity index (χ0v) is 16.0. The van der Waals surface area contributed by atoms with E-state index in [4.69, 9.17) is 16.2 Å². The van der Waals surface area contributed by atoms with Gasteiger partial charge in [-0.25, -0.2) is 9.97 Å². The fourth-order valence-electron chi connectivity index (χ4n) is 3.37. The van der Waals surface area contributed by atoms with Crippen molar-refractivity contribution >= 4 is 34.1 Å². The Morgan fingerprint density at radius 2 is 1.97 bits per heavy atom. The van der Waals surface area contributed by atoms with Crippen molar-refractivity contribution in [1.82, 2.24) is 15.3 Å². The molecule has 2 heterocycles. The summed E-state index contributed by atoms with van der Waals surface area (Å²) in [5.41, 5.74) is 13.9. The number of hydrogen-bond donors (Lipinski definition) is 4.